The molecular weight excluding hydrogens is 1520 g/mol. The number of hydrogen-bond donors (Lipinski definition) is 4. The first kappa shape index (κ1) is 90.2. The molecular formula is C93H106Cl5N7O4S2. The highest BCUT2D eigenvalue weighted by molar-refractivity contribution is 7.99. The van der Waals surface area contributed by atoms with E-state index in [9.17, 15) is 19.8 Å². The fraction of sp³-hybridized carbons (Fsp3) is 0.387. The van der Waals surface area contributed by atoms with Crippen LogP contribution in [0.3, 0.4) is 0 Å². The molecule has 2 aliphatic heterocycles. The van der Waals surface area contributed by atoms with E-state index in [4.69, 9.17) is 73.8 Å². The van der Waals surface area contributed by atoms with Crippen LogP contribution < -0.4 is 0 Å². The molecule has 11 nitrogen and oxygen atoms in total. The molecule has 111 heavy (non-hydrogen) atoms. The van der Waals surface area contributed by atoms with Crippen molar-refractivity contribution in [2.75, 3.05) is 11.5 Å². The Bertz CT molecular complexity index is 4480. The number of fused-ring (bicyclic) bond motifs is 2. The van der Waals surface area contributed by atoms with Crippen molar-refractivity contribution in [1.29, 1.82) is 15.8 Å². The number of nitrogens with zero attached hydrogens (tertiary/aromatic N) is 5. The fourth-order valence-electron chi connectivity index (χ4n) is 13.1. The molecule has 0 fully saturated rings. The van der Waals surface area contributed by atoms with Crippen molar-refractivity contribution in [3.63, 3.8) is 0 Å². The molecule has 7 aromatic carbocycles. The highest BCUT2D eigenvalue weighted by Crippen LogP contribution is 2.41. The van der Waals surface area contributed by atoms with E-state index < -0.39 is 5.91 Å². The number of carbonyl (C=O) groups excluding carboxylic acids is 2. The molecule has 0 aliphatic carbocycles. The molecule has 0 saturated carbocycles. The Labute approximate surface area is 693 Å². The molecule has 2 amide bonds. The van der Waals surface area contributed by atoms with Crippen LogP contribution in [0, 0.1) is 34.0 Å². The smallest absolute Gasteiger partial charge is 0.280 e. The van der Waals surface area contributed by atoms with Gasteiger partial charge in [0.2, 0.25) is 0 Å². The van der Waals surface area contributed by atoms with Crippen LogP contribution in [0.1, 0.15) is 279 Å². The number of H-pyrrole nitrogens is 2. The van der Waals surface area contributed by atoms with E-state index in [1.54, 1.807) is 103 Å². The van der Waals surface area contributed by atoms with Gasteiger partial charge in [-0.1, -0.05) is 319 Å². The Hall–Kier alpha value is -8.00. The number of hydrogen-bond acceptors (Lipinski definition) is 9. The molecule has 4 heterocycles. The normalized spacial score (nSPS) is 11.6. The lowest BCUT2D eigenvalue weighted by Gasteiger charge is -2.05. The lowest BCUT2D eigenvalue weighted by Crippen LogP contribution is -1.99. The molecule has 4 N–H and O–H groups in total. The number of unbranched alkanes of at least 4 members (excludes halogenated alkanes) is 30. The van der Waals surface area contributed by atoms with Gasteiger partial charge in [0.15, 0.2) is 11.8 Å². The van der Waals surface area contributed by atoms with Crippen molar-refractivity contribution in [3.8, 4) is 52.5 Å². The van der Waals surface area contributed by atoms with E-state index in [2.05, 4.69) is 64.1 Å². The van der Waals surface area contributed by atoms with E-state index in [1.807, 2.05) is 78.1 Å². The predicted molar refractivity (Wildman–Crippen MR) is 468 cm³/mol. The van der Waals surface area contributed by atoms with E-state index >= 15 is 0 Å². The molecule has 0 bridgehead atoms. The number of carbonyl (C=O) groups is 2. The second kappa shape index (κ2) is 52.3. The largest absolute Gasteiger partial charge is 0.494 e. The van der Waals surface area contributed by atoms with Gasteiger partial charge in [0.25, 0.3) is 11.8 Å². The number of aliphatic imine (C=N–C) groups is 2. The lowest BCUT2D eigenvalue weighted by atomic mass is 10.0. The van der Waals surface area contributed by atoms with Crippen LogP contribution in [-0.4, -0.2) is 54.9 Å². The predicted octanol–water partition coefficient (Wildman–Crippen LogP) is 29.4. The Balaban J connectivity index is 0.000000214. The fourth-order valence-corrected chi connectivity index (χ4v) is 15.8. The van der Waals surface area contributed by atoms with Gasteiger partial charge in [-0.25, -0.2) is 9.98 Å². The molecule has 0 radical (unpaired) electrons. The first-order valence-electron chi connectivity index (χ1n) is 39.8. The minimum absolute atomic E-state index is 0.0495. The van der Waals surface area contributed by atoms with E-state index in [-0.39, 0.29) is 17.7 Å². The Morgan fingerprint density at radius 1 is 0.324 bits per heavy atom. The summed E-state index contributed by atoms with van der Waals surface area (Å²) >= 11 is 33.0. The zero-order valence-corrected chi connectivity index (χ0v) is 69.8. The van der Waals surface area contributed by atoms with Gasteiger partial charge in [0.1, 0.15) is 0 Å². The minimum atomic E-state index is -0.401. The molecule has 0 saturated heterocycles. The number of halogens is 5. The summed E-state index contributed by atoms with van der Waals surface area (Å²) in [6, 6.07) is 57.0. The monoisotopic (exact) mass is 1620 g/mol. The summed E-state index contributed by atoms with van der Waals surface area (Å²) < 4.78 is 0. The third-order valence-corrected chi connectivity index (χ3v) is 22.6. The van der Waals surface area contributed by atoms with Crippen LogP contribution in [0.15, 0.2) is 190 Å². The van der Waals surface area contributed by atoms with Gasteiger partial charge in [0.05, 0.1) is 80.0 Å². The van der Waals surface area contributed by atoms with Crippen LogP contribution in [0.4, 0.5) is 0 Å². The number of amides is 2. The standard InChI is InChI=1S/C36H47ClN2O2S.C25H41NS.C18H10Cl2N2O2.2C7H4ClN/c1-2-3-4-5-6-7-8-9-10-11-12-13-14-15-16-17-25-42-30-23-21-27(22-24-30)33-31-32(36(41)38-33)34(39-35(31)40)28-19-18-20-29(37)26-28;1-2-3-4-5-6-7-8-9-10-11-12-13-14-15-16-17-22-27-25-20-18-24(23-26)19-21-25;19-11-6-4-9(5-7-11)15-13-14(18(24)21-15)16(22-17(13)23)10-2-1-3-12(20)8-10;8-7-3-1-6(5-9)2-4-7;8-7-3-1-2-6(4-7)5-9/h18-24,26,39-40H,2-17,25H2,1H3;18-21H,2-17,22H2,1H3;1-8,22-23H;2*1-4H. The van der Waals surface area contributed by atoms with Crippen molar-refractivity contribution < 1.29 is 19.8 Å². The van der Waals surface area contributed by atoms with Gasteiger partial charge in [0, 0.05) is 57.2 Å². The Morgan fingerprint density at radius 3 is 0.928 bits per heavy atom. The molecule has 18 heteroatoms. The van der Waals surface area contributed by atoms with Crippen molar-refractivity contribution in [2.24, 2.45) is 9.98 Å². The second-order valence-corrected chi connectivity index (χ2v) is 32.5. The molecule has 11 rings (SSSR count). The summed E-state index contributed by atoms with van der Waals surface area (Å²) in [5.74, 6) is 1.41. The molecule has 0 unspecified atom stereocenters. The molecule has 0 atom stereocenters. The van der Waals surface area contributed by atoms with Gasteiger partial charge in [-0.3, -0.25) is 9.59 Å². The Morgan fingerprint density at radius 2 is 0.613 bits per heavy atom. The molecule has 584 valence electrons. The third kappa shape index (κ3) is 32.2. The summed E-state index contributed by atoms with van der Waals surface area (Å²) in [6.07, 6.45) is 45.0. The SMILES string of the molecule is CCCCCCCCCCCCCCCCCCSc1ccc(C#N)cc1.CCCCCCCCCCCCCCCCCCSc1ccc(C2=NC(=O)c3c(-c4cccc(Cl)c4)[nH]c(O)c32)cc1.N#Cc1ccc(Cl)cc1.N#Cc1cccc(Cl)c1.O=C1N=C(c2ccc(Cl)cc2)c2c(O)[nH]c(-c3cccc(Cl)c3)c21. The summed E-state index contributed by atoms with van der Waals surface area (Å²) in [6.45, 7) is 4.57. The number of rotatable bonds is 40. The molecule has 2 aromatic heterocycles. The molecule has 9 aromatic rings. The van der Waals surface area contributed by atoms with Crippen molar-refractivity contribution >= 4 is 105 Å². The summed E-state index contributed by atoms with van der Waals surface area (Å²) in [7, 11) is 0. The zero-order valence-electron chi connectivity index (χ0n) is 64.4. The van der Waals surface area contributed by atoms with Crippen LogP contribution in [0.5, 0.6) is 11.8 Å². The van der Waals surface area contributed by atoms with Crippen LogP contribution in [0.25, 0.3) is 22.5 Å². The van der Waals surface area contributed by atoms with Crippen LogP contribution in [0.2, 0.25) is 25.1 Å². The van der Waals surface area contributed by atoms with Gasteiger partial charge in [-0.15, -0.1) is 23.5 Å². The van der Waals surface area contributed by atoms with Gasteiger partial charge >= 0.3 is 0 Å². The maximum Gasteiger partial charge on any atom is 0.280 e. The highest BCUT2D eigenvalue weighted by atomic mass is 35.5. The van der Waals surface area contributed by atoms with Gasteiger partial charge in [-0.05, 0) is 140 Å². The van der Waals surface area contributed by atoms with Crippen LogP contribution >= 0.6 is 81.5 Å². The number of nitrogens with one attached hydrogen (secondary N) is 2. The van der Waals surface area contributed by atoms with Gasteiger partial charge in [-0.2, -0.15) is 15.8 Å². The number of thioether (sulfide) groups is 2. The summed E-state index contributed by atoms with van der Waals surface area (Å²) in [4.78, 5) is 42.0. The lowest BCUT2D eigenvalue weighted by molar-refractivity contribution is 0.0998. The number of nitriles is 3. The van der Waals surface area contributed by atoms with E-state index in [1.165, 1.54) is 221 Å². The average molecular weight is 1630 g/mol. The third-order valence-electron chi connectivity index (χ3n) is 19.2. The Kier molecular flexibility index (Phi) is 42.5. The highest BCUT2D eigenvalue weighted by Gasteiger charge is 2.35. The first-order chi connectivity index (χ1) is 54.1. The maximum absolute atomic E-state index is 12.8. The van der Waals surface area contributed by atoms with Gasteiger partial charge < -0.3 is 20.2 Å². The van der Waals surface area contributed by atoms with E-state index in [0.29, 0.717) is 92.4 Å². The minimum Gasteiger partial charge on any atom is -0.494 e. The second-order valence-electron chi connectivity index (χ2n) is 28.0. The first-order valence-corrected chi connectivity index (χ1v) is 43.6. The maximum atomic E-state index is 12.8. The van der Waals surface area contributed by atoms with Crippen molar-refractivity contribution in [2.45, 2.75) is 229 Å². The quantitative estimate of drug-likeness (QED) is 0.0213. The van der Waals surface area contributed by atoms with Crippen molar-refractivity contribution in [3.05, 3.63) is 245 Å². The average Bonchev–Trinajstić information content (AvgIpc) is 1.60. The summed E-state index contributed by atoms with van der Waals surface area (Å²) in [5, 5.41) is 49.5. The van der Waals surface area contributed by atoms with Crippen LogP contribution in [-0.2, 0) is 0 Å². The number of benzene rings is 7. The topological polar surface area (TPSA) is 202 Å². The number of aromatic amines is 2. The summed E-state index contributed by atoms with van der Waals surface area (Å²) in [5.41, 5.74) is 8.54. The van der Waals surface area contributed by atoms with Crippen molar-refractivity contribution in [1.82, 2.24) is 9.97 Å². The zero-order chi connectivity index (χ0) is 79.2. The molecule has 2 aliphatic rings. The number of aromatic nitrogens is 2. The van der Waals surface area contributed by atoms with E-state index in [0.717, 1.165) is 22.4 Å². The molecule has 0 spiro atoms. The number of aromatic hydroxyl groups is 2.